The monoisotopic (exact) mass is 404 g/mol. The number of benzene rings is 2. The van der Waals surface area contributed by atoms with E-state index in [1.807, 2.05) is 6.07 Å². The van der Waals surface area contributed by atoms with E-state index >= 15 is 0 Å². The Morgan fingerprint density at radius 3 is 2.44 bits per heavy atom. The number of rotatable bonds is 7. The van der Waals surface area contributed by atoms with E-state index in [1.165, 1.54) is 7.11 Å². The fourth-order valence-electron chi connectivity index (χ4n) is 2.32. The van der Waals surface area contributed by atoms with Gasteiger partial charge in [0.05, 0.1) is 12.7 Å². The van der Waals surface area contributed by atoms with Gasteiger partial charge in [-0.05, 0) is 23.8 Å². The van der Waals surface area contributed by atoms with Crippen LogP contribution >= 0.6 is 15.9 Å². The zero-order chi connectivity index (χ0) is 18.4. The molecule has 0 fully saturated rings. The van der Waals surface area contributed by atoms with Gasteiger partial charge >= 0.3 is 0 Å². The second-order valence-electron chi connectivity index (χ2n) is 5.29. The summed E-state index contributed by atoms with van der Waals surface area (Å²) in [7, 11) is 1.44. The Bertz CT molecular complexity index is 793. The van der Waals surface area contributed by atoms with Gasteiger partial charge in [0.15, 0.2) is 0 Å². The fourth-order valence-corrected chi connectivity index (χ4v) is 2.69. The SMILES string of the molecule is COc1ccc(Br)cc1C(=O)N[C@@H](Cc1ccccc1)C(=O)C(N)=O. The number of hydrogen-bond donors (Lipinski definition) is 2. The van der Waals surface area contributed by atoms with Gasteiger partial charge in [-0.2, -0.15) is 0 Å². The summed E-state index contributed by atoms with van der Waals surface area (Å²) in [6.45, 7) is 0. The first-order valence-corrected chi connectivity index (χ1v) is 8.23. The van der Waals surface area contributed by atoms with Gasteiger partial charge in [0, 0.05) is 10.9 Å². The van der Waals surface area contributed by atoms with Gasteiger partial charge in [-0.25, -0.2) is 0 Å². The first-order valence-electron chi connectivity index (χ1n) is 7.44. The average Bonchev–Trinajstić information content (AvgIpc) is 2.61. The van der Waals surface area contributed by atoms with E-state index in [-0.39, 0.29) is 12.0 Å². The highest BCUT2D eigenvalue weighted by Gasteiger charge is 2.26. The molecule has 0 radical (unpaired) electrons. The van der Waals surface area contributed by atoms with Crippen LogP contribution in [0.4, 0.5) is 0 Å². The van der Waals surface area contributed by atoms with Crippen LogP contribution in [0.2, 0.25) is 0 Å². The molecule has 0 aliphatic carbocycles. The van der Waals surface area contributed by atoms with Gasteiger partial charge in [-0.15, -0.1) is 0 Å². The number of Topliss-reactive ketones (excluding diaryl/α,β-unsaturated/α-hetero) is 1. The number of methoxy groups -OCH3 is 1. The van der Waals surface area contributed by atoms with E-state index in [0.29, 0.717) is 10.2 Å². The number of primary amides is 1. The number of nitrogens with one attached hydrogen (secondary N) is 1. The van der Waals surface area contributed by atoms with Crippen molar-refractivity contribution in [2.75, 3.05) is 7.11 Å². The number of halogens is 1. The van der Waals surface area contributed by atoms with E-state index in [1.54, 1.807) is 42.5 Å². The van der Waals surface area contributed by atoms with E-state index in [2.05, 4.69) is 21.2 Å². The minimum atomic E-state index is -1.09. The van der Waals surface area contributed by atoms with Crippen molar-refractivity contribution in [2.24, 2.45) is 5.73 Å². The van der Waals surface area contributed by atoms with E-state index < -0.39 is 23.6 Å². The molecule has 7 heteroatoms. The van der Waals surface area contributed by atoms with Crippen LogP contribution < -0.4 is 15.8 Å². The van der Waals surface area contributed by atoms with E-state index in [9.17, 15) is 14.4 Å². The van der Waals surface area contributed by atoms with Crippen molar-refractivity contribution in [3.63, 3.8) is 0 Å². The van der Waals surface area contributed by atoms with Crippen LogP contribution in [0.1, 0.15) is 15.9 Å². The predicted molar refractivity (Wildman–Crippen MR) is 96.3 cm³/mol. The highest BCUT2D eigenvalue weighted by atomic mass is 79.9. The summed E-state index contributed by atoms with van der Waals surface area (Å²) < 4.78 is 5.85. The molecule has 2 amide bonds. The molecule has 0 unspecified atom stereocenters. The lowest BCUT2D eigenvalue weighted by molar-refractivity contribution is -0.137. The summed E-state index contributed by atoms with van der Waals surface area (Å²) in [6.07, 6.45) is 0.157. The Morgan fingerprint density at radius 1 is 1.16 bits per heavy atom. The van der Waals surface area contributed by atoms with E-state index in [0.717, 1.165) is 5.56 Å². The largest absolute Gasteiger partial charge is 0.496 e. The highest BCUT2D eigenvalue weighted by molar-refractivity contribution is 9.10. The molecule has 130 valence electrons. The van der Waals surface area contributed by atoms with Crippen molar-refractivity contribution >= 4 is 33.5 Å². The summed E-state index contributed by atoms with van der Waals surface area (Å²) in [6, 6.07) is 12.9. The molecule has 25 heavy (non-hydrogen) atoms. The van der Waals surface area contributed by atoms with Gasteiger partial charge in [0.2, 0.25) is 5.78 Å². The van der Waals surface area contributed by atoms with Crippen molar-refractivity contribution in [3.05, 3.63) is 64.1 Å². The first kappa shape index (κ1) is 18.7. The van der Waals surface area contributed by atoms with Crippen LogP contribution in [0.25, 0.3) is 0 Å². The Hall–Kier alpha value is -2.67. The molecule has 0 aliphatic heterocycles. The average molecular weight is 405 g/mol. The van der Waals surface area contributed by atoms with Gasteiger partial charge in [0.1, 0.15) is 11.8 Å². The third-order valence-electron chi connectivity index (χ3n) is 3.55. The summed E-state index contributed by atoms with van der Waals surface area (Å²) in [5.74, 6) is -2.13. The number of nitrogens with two attached hydrogens (primary N) is 1. The van der Waals surface area contributed by atoms with Gasteiger partial charge in [0.25, 0.3) is 11.8 Å². The maximum atomic E-state index is 12.6. The lowest BCUT2D eigenvalue weighted by Gasteiger charge is -2.17. The summed E-state index contributed by atoms with van der Waals surface area (Å²) >= 11 is 3.29. The van der Waals surface area contributed by atoms with Crippen molar-refractivity contribution in [1.29, 1.82) is 0 Å². The van der Waals surface area contributed by atoms with Crippen molar-refractivity contribution in [3.8, 4) is 5.75 Å². The van der Waals surface area contributed by atoms with Crippen molar-refractivity contribution < 1.29 is 19.1 Å². The minimum absolute atomic E-state index is 0.157. The predicted octanol–water partition coefficient (Wildman–Crippen LogP) is 1.85. The third-order valence-corrected chi connectivity index (χ3v) is 4.05. The van der Waals surface area contributed by atoms with E-state index in [4.69, 9.17) is 10.5 Å². The fraction of sp³-hybridized carbons (Fsp3) is 0.167. The number of ether oxygens (including phenoxy) is 1. The Morgan fingerprint density at radius 2 is 1.84 bits per heavy atom. The van der Waals surface area contributed by atoms with Crippen molar-refractivity contribution in [2.45, 2.75) is 12.5 Å². The lowest BCUT2D eigenvalue weighted by Crippen LogP contribution is -2.47. The molecular formula is C18H17BrN2O4. The molecule has 2 aromatic rings. The van der Waals surface area contributed by atoms with Crippen LogP contribution in [0.3, 0.4) is 0 Å². The normalized spacial score (nSPS) is 11.4. The molecule has 0 bridgehead atoms. The molecular weight excluding hydrogens is 388 g/mol. The van der Waals surface area contributed by atoms with Crippen molar-refractivity contribution in [1.82, 2.24) is 5.32 Å². The molecule has 0 heterocycles. The lowest BCUT2D eigenvalue weighted by atomic mass is 10.0. The molecule has 2 rings (SSSR count). The Labute approximate surface area is 153 Å². The number of amides is 2. The first-order chi connectivity index (χ1) is 11.9. The standard InChI is InChI=1S/C18H17BrN2O4/c1-25-15-8-7-12(19)10-13(15)18(24)21-14(16(22)17(20)23)9-11-5-3-2-4-6-11/h2-8,10,14H,9H2,1H3,(H2,20,23)(H,21,24)/t14-/m0/s1. The molecule has 3 N–H and O–H groups in total. The van der Waals surface area contributed by atoms with Crippen LogP contribution in [0.5, 0.6) is 5.75 Å². The number of hydrogen-bond acceptors (Lipinski definition) is 4. The summed E-state index contributed by atoms with van der Waals surface area (Å²) in [5.41, 5.74) is 6.15. The quantitative estimate of drug-likeness (QED) is 0.687. The topological polar surface area (TPSA) is 98.5 Å². The number of carbonyl (C=O) groups excluding carboxylic acids is 3. The number of carbonyl (C=O) groups is 3. The molecule has 6 nitrogen and oxygen atoms in total. The molecule has 0 saturated heterocycles. The summed E-state index contributed by atoms with van der Waals surface area (Å²) in [4.78, 5) is 36.0. The Balaban J connectivity index is 2.27. The zero-order valence-corrected chi connectivity index (χ0v) is 15.1. The molecule has 0 aliphatic rings. The molecule has 0 aromatic heterocycles. The maximum Gasteiger partial charge on any atom is 0.287 e. The van der Waals surface area contributed by atoms with Crippen LogP contribution in [-0.2, 0) is 16.0 Å². The van der Waals surface area contributed by atoms with Crippen LogP contribution in [0, 0.1) is 0 Å². The highest BCUT2D eigenvalue weighted by Crippen LogP contribution is 2.23. The second-order valence-corrected chi connectivity index (χ2v) is 6.20. The molecule has 0 saturated carbocycles. The minimum Gasteiger partial charge on any atom is -0.496 e. The zero-order valence-electron chi connectivity index (χ0n) is 13.5. The van der Waals surface area contributed by atoms with Crippen LogP contribution in [0.15, 0.2) is 53.0 Å². The van der Waals surface area contributed by atoms with Crippen LogP contribution in [-0.4, -0.2) is 30.7 Å². The molecule has 1 atom stereocenters. The third kappa shape index (κ3) is 4.90. The maximum absolute atomic E-state index is 12.6. The number of ketones is 1. The second kappa shape index (κ2) is 8.43. The smallest absolute Gasteiger partial charge is 0.287 e. The van der Waals surface area contributed by atoms with Gasteiger partial charge in [-0.3, -0.25) is 14.4 Å². The Kier molecular flexibility index (Phi) is 6.30. The van der Waals surface area contributed by atoms with Gasteiger partial charge in [-0.1, -0.05) is 46.3 Å². The molecule has 2 aromatic carbocycles. The van der Waals surface area contributed by atoms with Gasteiger partial charge < -0.3 is 15.8 Å². The molecule has 0 spiro atoms. The summed E-state index contributed by atoms with van der Waals surface area (Å²) in [5, 5.41) is 2.57.